The summed E-state index contributed by atoms with van der Waals surface area (Å²) in [6.45, 7) is 4.02. The minimum atomic E-state index is 0.407. The van der Waals surface area contributed by atoms with Crippen molar-refractivity contribution in [3.8, 4) is 5.13 Å². The van der Waals surface area contributed by atoms with Gasteiger partial charge in [-0.25, -0.2) is 4.98 Å². The smallest absolute Gasteiger partial charge is 0.212 e. The maximum absolute atomic E-state index is 11.1. The zero-order valence-electron chi connectivity index (χ0n) is 10.4. The molecule has 0 bridgehead atoms. The number of aromatic nitrogens is 4. The molecule has 2 heterocycles. The van der Waals surface area contributed by atoms with Crippen LogP contribution in [0.2, 0.25) is 0 Å². The summed E-state index contributed by atoms with van der Waals surface area (Å²) < 4.78 is 1.75. The predicted molar refractivity (Wildman–Crippen MR) is 68.5 cm³/mol. The van der Waals surface area contributed by atoms with Crippen LogP contribution in [0.4, 0.5) is 0 Å². The second kappa shape index (κ2) is 4.28. The van der Waals surface area contributed by atoms with Crippen molar-refractivity contribution in [1.82, 2.24) is 20.0 Å². The highest BCUT2D eigenvalue weighted by Crippen LogP contribution is 2.38. The molecule has 5 nitrogen and oxygen atoms in total. The van der Waals surface area contributed by atoms with Gasteiger partial charge in [-0.05, 0) is 26.7 Å². The average Bonchev–Trinajstić information content (AvgIpc) is 2.82. The van der Waals surface area contributed by atoms with Gasteiger partial charge in [0.2, 0.25) is 5.13 Å². The van der Waals surface area contributed by atoms with Crippen LogP contribution in [0, 0.1) is 13.8 Å². The first-order valence-electron chi connectivity index (χ1n) is 6.06. The second-order valence-corrected chi connectivity index (χ2v) is 5.84. The van der Waals surface area contributed by atoms with Crippen LogP contribution in [0.25, 0.3) is 5.13 Å². The van der Waals surface area contributed by atoms with Crippen molar-refractivity contribution in [1.29, 1.82) is 0 Å². The Balaban J connectivity index is 2.10. The number of hydrogen-bond acceptors (Lipinski definition) is 5. The standard InChI is InChI=1S/C12H14N4OS/c1-7-8(2)18-12(13-7)16-11(9-4-3-5-9)10(6-17)14-15-16/h6,9H,3-5H2,1-2H3. The van der Waals surface area contributed by atoms with Crippen molar-refractivity contribution in [3.63, 3.8) is 0 Å². The molecule has 3 rings (SSSR count). The average molecular weight is 262 g/mol. The predicted octanol–water partition coefficient (Wildman–Crippen LogP) is 2.42. The number of carbonyl (C=O) groups excluding carboxylic acids is 1. The maximum Gasteiger partial charge on any atom is 0.212 e. The normalized spacial score (nSPS) is 15.7. The first-order chi connectivity index (χ1) is 8.70. The van der Waals surface area contributed by atoms with Crippen LogP contribution in [0.15, 0.2) is 0 Å². The lowest BCUT2D eigenvalue weighted by molar-refractivity contribution is 0.111. The van der Waals surface area contributed by atoms with Crippen LogP contribution in [0.5, 0.6) is 0 Å². The van der Waals surface area contributed by atoms with E-state index in [1.807, 2.05) is 13.8 Å². The van der Waals surface area contributed by atoms with Gasteiger partial charge in [-0.3, -0.25) is 4.79 Å². The second-order valence-electron chi connectivity index (χ2n) is 4.66. The molecule has 0 aliphatic heterocycles. The van der Waals surface area contributed by atoms with Gasteiger partial charge in [-0.15, -0.1) is 5.10 Å². The lowest BCUT2D eigenvalue weighted by Crippen LogP contribution is -2.15. The summed E-state index contributed by atoms with van der Waals surface area (Å²) in [7, 11) is 0. The molecule has 1 aliphatic carbocycles. The van der Waals surface area contributed by atoms with Crippen molar-refractivity contribution in [2.24, 2.45) is 0 Å². The van der Waals surface area contributed by atoms with Crippen LogP contribution >= 0.6 is 11.3 Å². The first kappa shape index (κ1) is 11.5. The molecule has 0 saturated heterocycles. The molecule has 18 heavy (non-hydrogen) atoms. The van der Waals surface area contributed by atoms with Crippen LogP contribution in [0.3, 0.4) is 0 Å². The fourth-order valence-corrected chi connectivity index (χ4v) is 3.01. The van der Waals surface area contributed by atoms with Gasteiger partial charge in [-0.2, -0.15) is 4.68 Å². The largest absolute Gasteiger partial charge is 0.296 e. The first-order valence-corrected chi connectivity index (χ1v) is 6.87. The van der Waals surface area contributed by atoms with Crippen LogP contribution in [-0.2, 0) is 0 Å². The van der Waals surface area contributed by atoms with Gasteiger partial charge in [0.05, 0.1) is 11.4 Å². The summed E-state index contributed by atoms with van der Waals surface area (Å²) in [4.78, 5) is 16.7. The molecule has 2 aromatic rings. The summed E-state index contributed by atoms with van der Waals surface area (Å²) in [5.41, 5.74) is 2.41. The molecule has 0 spiro atoms. The van der Waals surface area contributed by atoms with Gasteiger partial charge >= 0.3 is 0 Å². The molecule has 6 heteroatoms. The van der Waals surface area contributed by atoms with Crippen molar-refractivity contribution in [2.45, 2.75) is 39.0 Å². The van der Waals surface area contributed by atoms with E-state index in [0.29, 0.717) is 11.6 Å². The third kappa shape index (κ3) is 1.68. The summed E-state index contributed by atoms with van der Waals surface area (Å²) in [6.07, 6.45) is 4.23. The minimum Gasteiger partial charge on any atom is -0.296 e. The van der Waals surface area contributed by atoms with Gasteiger partial charge in [0.15, 0.2) is 6.29 Å². The molecular weight excluding hydrogens is 248 g/mol. The van der Waals surface area contributed by atoms with E-state index in [0.717, 1.165) is 35.6 Å². The number of aryl methyl sites for hydroxylation is 2. The lowest BCUT2D eigenvalue weighted by Gasteiger charge is -2.25. The summed E-state index contributed by atoms with van der Waals surface area (Å²) in [5.74, 6) is 0.407. The van der Waals surface area contributed by atoms with Crippen LogP contribution in [-0.4, -0.2) is 26.3 Å². The summed E-state index contributed by atoms with van der Waals surface area (Å²) >= 11 is 1.59. The third-order valence-electron chi connectivity index (χ3n) is 3.53. The Labute approximate surface area is 109 Å². The maximum atomic E-state index is 11.1. The van der Waals surface area contributed by atoms with Gasteiger partial charge in [0.1, 0.15) is 5.69 Å². The third-order valence-corrected chi connectivity index (χ3v) is 4.58. The molecule has 0 unspecified atom stereocenters. The van der Waals surface area contributed by atoms with E-state index in [2.05, 4.69) is 15.3 Å². The number of nitrogens with zero attached hydrogens (tertiary/aromatic N) is 4. The van der Waals surface area contributed by atoms with E-state index >= 15 is 0 Å². The van der Waals surface area contributed by atoms with Crippen molar-refractivity contribution in [2.75, 3.05) is 0 Å². The molecule has 0 N–H and O–H groups in total. The van der Waals surface area contributed by atoms with Crippen LogP contribution < -0.4 is 0 Å². The Morgan fingerprint density at radius 1 is 1.39 bits per heavy atom. The zero-order chi connectivity index (χ0) is 12.7. The molecule has 0 atom stereocenters. The lowest BCUT2D eigenvalue weighted by atomic mass is 9.82. The van der Waals surface area contributed by atoms with Crippen LogP contribution in [0.1, 0.15) is 51.9 Å². The Morgan fingerprint density at radius 2 is 2.17 bits per heavy atom. The quantitative estimate of drug-likeness (QED) is 0.797. The van der Waals surface area contributed by atoms with E-state index < -0.39 is 0 Å². The summed E-state index contributed by atoms with van der Waals surface area (Å²) in [5, 5.41) is 8.87. The Kier molecular flexibility index (Phi) is 2.74. The molecule has 0 aromatic carbocycles. The fraction of sp³-hybridized carbons (Fsp3) is 0.500. The number of hydrogen-bond donors (Lipinski definition) is 0. The number of aldehydes is 1. The van der Waals surface area contributed by atoms with E-state index in [1.54, 1.807) is 16.0 Å². The highest BCUT2D eigenvalue weighted by Gasteiger charge is 2.29. The molecular formula is C12H14N4OS. The van der Waals surface area contributed by atoms with E-state index in [1.165, 1.54) is 11.3 Å². The number of thiazole rings is 1. The minimum absolute atomic E-state index is 0.407. The molecule has 2 aromatic heterocycles. The topological polar surface area (TPSA) is 60.7 Å². The summed E-state index contributed by atoms with van der Waals surface area (Å²) in [6, 6.07) is 0. The monoisotopic (exact) mass is 262 g/mol. The van der Waals surface area contributed by atoms with Gasteiger partial charge in [-0.1, -0.05) is 23.0 Å². The number of rotatable bonds is 3. The van der Waals surface area contributed by atoms with Crippen molar-refractivity contribution < 1.29 is 4.79 Å². The molecule has 94 valence electrons. The number of carbonyl (C=O) groups is 1. The van der Waals surface area contributed by atoms with E-state index in [4.69, 9.17) is 0 Å². The zero-order valence-corrected chi connectivity index (χ0v) is 11.2. The fourth-order valence-electron chi connectivity index (χ4n) is 2.14. The SMILES string of the molecule is Cc1nc(-n2nnc(C=O)c2C2CCC2)sc1C. The highest BCUT2D eigenvalue weighted by molar-refractivity contribution is 7.14. The molecule has 0 radical (unpaired) electrons. The van der Waals surface area contributed by atoms with Gasteiger partial charge < -0.3 is 0 Å². The van der Waals surface area contributed by atoms with E-state index in [-0.39, 0.29) is 0 Å². The van der Waals surface area contributed by atoms with Gasteiger partial charge in [0.25, 0.3) is 0 Å². The van der Waals surface area contributed by atoms with Crippen molar-refractivity contribution >= 4 is 17.6 Å². The van der Waals surface area contributed by atoms with E-state index in [9.17, 15) is 4.79 Å². The highest BCUT2D eigenvalue weighted by atomic mass is 32.1. The molecule has 0 amide bonds. The Morgan fingerprint density at radius 3 is 2.67 bits per heavy atom. The van der Waals surface area contributed by atoms with Crippen molar-refractivity contribution in [3.05, 3.63) is 22.0 Å². The Bertz CT molecular complexity index is 578. The molecule has 1 fully saturated rings. The molecule has 1 saturated carbocycles. The van der Waals surface area contributed by atoms with Gasteiger partial charge in [0, 0.05) is 10.8 Å². The Hall–Kier alpha value is -1.56. The molecule has 1 aliphatic rings.